The highest BCUT2D eigenvalue weighted by Crippen LogP contribution is 2.31. The molecule has 15 heavy (non-hydrogen) atoms. The Bertz CT molecular complexity index is 449. The third-order valence-electron chi connectivity index (χ3n) is 2.06. The SMILES string of the molecule is O=C(O)C1=Cc2ccc(O)cc2OC1O. The summed E-state index contributed by atoms with van der Waals surface area (Å²) < 4.78 is 4.93. The second-order valence-corrected chi connectivity index (χ2v) is 3.10. The predicted octanol–water partition coefficient (Wildman–Crippen LogP) is 0.571. The van der Waals surface area contributed by atoms with Crippen LogP contribution in [0.15, 0.2) is 23.8 Å². The Labute approximate surface area is 84.9 Å². The largest absolute Gasteiger partial charge is 0.508 e. The zero-order chi connectivity index (χ0) is 11.0. The topological polar surface area (TPSA) is 87.0 Å². The van der Waals surface area contributed by atoms with Gasteiger partial charge in [0, 0.05) is 11.6 Å². The minimum absolute atomic E-state index is 0.00637. The van der Waals surface area contributed by atoms with E-state index in [-0.39, 0.29) is 17.1 Å². The van der Waals surface area contributed by atoms with Crippen LogP contribution < -0.4 is 4.74 Å². The first-order chi connectivity index (χ1) is 7.08. The zero-order valence-electron chi connectivity index (χ0n) is 7.54. The maximum Gasteiger partial charge on any atom is 0.337 e. The van der Waals surface area contributed by atoms with Crippen molar-refractivity contribution in [3.63, 3.8) is 0 Å². The van der Waals surface area contributed by atoms with Gasteiger partial charge in [0.05, 0.1) is 0 Å². The van der Waals surface area contributed by atoms with Crippen LogP contribution in [-0.2, 0) is 4.79 Å². The van der Waals surface area contributed by atoms with E-state index < -0.39 is 12.3 Å². The van der Waals surface area contributed by atoms with E-state index >= 15 is 0 Å². The molecule has 0 bridgehead atoms. The van der Waals surface area contributed by atoms with Gasteiger partial charge in [-0.3, -0.25) is 0 Å². The monoisotopic (exact) mass is 208 g/mol. The second kappa shape index (κ2) is 3.29. The van der Waals surface area contributed by atoms with Gasteiger partial charge >= 0.3 is 5.97 Å². The molecule has 0 spiro atoms. The summed E-state index contributed by atoms with van der Waals surface area (Å²) in [4.78, 5) is 10.7. The molecule has 1 aliphatic heterocycles. The number of aromatic hydroxyl groups is 1. The van der Waals surface area contributed by atoms with Gasteiger partial charge in [0.2, 0.25) is 6.29 Å². The van der Waals surface area contributed by atoms with Crippen LogP contribution in [0.2, 0.25) is 0 Å². The number of carboxylic acids is 1. The third kappa shape index (κ3) is 1.64. The minimum Gasteiger partial charge on any atom is -0.508 e. The van der Waals surface area contributed by atoms with E-state index in [9.17, 15) is 9.90 Å². The summed E-state index contributed by atoms with van der Waals surface area (Å²) in [7, 11) is 0. The smallest absolute Gasteiger partial charge is 0.337 e. The van der Waals surface area contributed by atoms with E-state index in [0.29, 0.717) is 5.56 Å². The molecule has 0 amide bonds. The molecule has 1 aliphatic rings. The Hall–Kier alpha value is -2.01. The average molecular weight is 208 g/mol. The van der Waals surface area contributed by atoms with Gasteiger partial charge in [-0.1, -0.05) is 0 Å². The molecule has 3 N–H and O–H groups in total. The third-order valence-corrected chi connectivity index (χ3v) is 2.06. The Morgan fingerprint density at radius 3 is 2.80 bits per heavy atom. The highest BCUT2D eigenvalue weighted by Gasteiger charge is 2.25. The number of rotatable bonds is 1. The molecule has 0 aromatic heterocycles. The first-order valence-corrected chi connectivity index (χ1v) is 4.20. The summed E-state index contributed by atoms with van der Waals surface area (Å²) in [6.07, 6.45) is -0.192. The van der Waals surface area contributed by atoms with E-state index in [1.807, 2.05) is 0 Å². The van der Waals surface area contributed by atoms with Crippen molar-refractivity contribution in [3.8, 4) is 11.5 Å². The average Bonchev–Trinajstić information content (AvgIpc) is 2.15. The molecular weight excluding hydrogens is 200 g/mol. The number of carboxylic acid groups (broad SMARTS) is 1. The van der Waals surface area contributed by atoms with Crippen molar-refractivity contribution in [1.29, 1.82) is 0 Å². The lowest BCUT2D eigenvalue weighted by Gasteiger charge is -2.20. The van der Waals surface area contributed by atoms with Crippen LogP contribution in [0.25, 0.3) is 6.08 Å². The lowest BCUT2D eigenvalue weighted by atomic mass is 10.1. The summed E-state index contributed by atoms with van der Waals surface area (Å²) in [6, 6.07) is 4.24. The Morgan fingerprint density at radius 1 is 1.40 bits per heavy atom. The van der Waals surface area contributed by atoms with Crippen LogP contribution in [0.4, 0.5) is 0 Å². The number of ether oxygens (including phenoxy) is 1. The van der Waals surface area contributed by atoms with Crippen molar-refractivity contribution >= 4 is 12.0 Å². The van der Waals surface area contributed by atoms with Gasteiger partial charge in [-0.25, -0.2) is 4.79 Å². The number of aliphatic carboxylic acids is 1. The van der Waals surface area contributed by atoms with Gasteiger partial charge in [0.15, 0.2) is 0 Å². The molecule has 5 heteroatoms. The summed E-state index contributed by atoms with van der Waals surface area (Å²) in [6.45, 7) is 0. The van der Waals surface area contributed by atoms with E-state index in [0.717, 1.165) is 0 Å². The van der Waals surface area contributed by atoms with Crippen LogP contribution in [0.3, 0.4) is 0 Å². The van der Waals surface area contributed by atoms with Gasteiger partial charge in [0.1, 0.15) is 17.1 Å². The number of hydrogen-bond donors (Lipinski definition) is 3. The molecule has 1 aromatic rings. The standard InChI is InChI=1S/C10H8O5/c11-6-2-1-5-3-7(9(12)13)10(14)15-8(5)4-6/h1-4,10-11,14H,(H,12,13). The maximum atomic E-state index is 10.7. The molecule has 78 valence electrons. The van der Waals surface area contributed by atoms with Crippen LogP contribution in [0.5, 0.6) is 11.5 Å². The van der Waals surface area contributed by atoms with E-state index in [1.165, 1.54) is 24.3 Å². The first kappa shape index (κ1) is 9.54. The maximum absolute atomic E-state index is 10.7. The van der Waals surface area contributed by atoms with Crippen molar-refractivity contribution in [2.75, 3.05) is 0 Å². The fraction of sp³-hybridized carbons (Fsp3) is 0.100. The fourth-order valence-electron chi connectivity index (χ4n) is 1.33. The molecule has 1 heterocycles. The summed E-state index contributed by atoms with van der Waals surface area (Å²) in [5.41, 5.74) is 0.281. The van der Waals surface area contributed by atoms with Crippen LogP contribution in [-0.4, -0.2) is 27.6 Å². The molecule has 0 saturated carbocycles. The zero-order valence-corrected chi connectivity index (χ0v) is 7.54. The van der Waals surface area contributed by atoms with Crippen LogP contribution in [0, 0.1) is 0 Å². The van der Waals surface area contributed by atoms with Crippen molar-refractivity contribution in [2.24, 2.45) is 0 Å². The normalized spacial score (nSPS) is 18.7. The lowest BCUT2D eigenvalue weighted by Crippen LogP contribution is -2.26. The Kier molecular flexibility index (Phi) is 2.09. The highest BCUT2D eigenvalue weighted by molar-refractivity contribution is 5.94. The van der Waals surface area contributed by atoms with Gasteiger partial charge < -0.3 is 20.1 Å². The van der Waals surface area contributed by atoms with Crippen molar-refractivity contribution in [2.45, 2.75) is 6.29 Å². The molecule has 0 aliphatic carbocycles. The molecule has 1 aromatic carbocycles. The van der Waals surface area contributed by atoms with Gasteiger partial charge in [-0.15, -0.1) is 0 Å². The summed E-state index contributed by atoms with van der Waals surface area (Å²) in [5.74, 6) is -0.984. The number of aliphatic hydroxyl groups is 1. The fourth-order valence-corrected chi connectivity index (χ4v) is 1.33. The lowest BCUT2D eigenvalue weighted by molar-refractivity contribution is -0.135. The van der Waals surface area contributed by atoms with Crippen LogP contribution in [0.1, 0.15) is 5.56 Å². The molecular formula is C10H8O5. The van der Waals surface area contributed by atoms with Gasteiger partial charge in [-0.2, -0.15) is 0 Å². The first-order valence-electron chi connectivity index (χ1n) is 4.20. The molecule has 1 atom stereocenters. The number of phenolic OH excluding ortho intramolecular Hbond substituents is 1. The van der Waals surface area contributed by atoms with Crippen molar-refractivity contribution in [3.05, 3.63) is 29.3 Å². The van der Waals surface area contributed by atoms with Crippen molar-refractivity contribution < 1.29 is 24.9 Å². The molecule has 2 rings (SSSR count). The number of carbonyl (C=O) groups is 1. The molecule has 1 unspecified atom stereocenters. The highest BCUT2D eigenvalue weighted by atomic mass is 16.6. The molecule has 0 saturated heterocycles. The minimum atomic E-state index is -1.50. The predicted molar refractivity (Wildman–Crippen MR) is 50.4 cm³/mol. The van der Waals surface area contributed by atoms with Crippen molar-refractivity contribution in [1.82, 2.24) is 0 Å². The molecule has 0 fully saturated rings. The quantitative estimate of drug-likeness (QED) is 0.628. The number of phenols is 1. The Balaban J connectivity index is 2.50. The van der Waals surface area contributed by atoms with E-state index in [2.05, 4.69) is 0 Å². The molecule has 5 nitrogen and oxygen atoms in total. The number of benzene rings is 1. The summed E-state index contributed by atoms with van der Waals surface area (Å²) in [5, 5.41) is 27.2. The number of aliphatic hydroxyl groups excluding tert-OH is 1. The van der Waals surface area contributed by atoms with E-state index in [4.69, 9.17) is 14.9 Å². The van der Waals surface area contributed by atoms with Crippen LogP contribution >= 0.6 is 0 Å². The van der Waals surface area contributed by atoms with E-state index in [1.54, 1.807) is 0 Å². The number of fused-ring (bicyclic) bond motifs is 1. The van der Waals surface area contributed by atoms with Gasteiger partial charge in [0.25, 0.3) is 0 Å². The molecule has 0 radical (unpaired) electrons. The Morgan fingerprint density at radius 2 is 2.13 bits per heavy atom. The van der Waals surface area contributed by atoms with Gasteiger partial charge in [-0.05, 0) is 18.2 Å². The summed E-state index contributed by atoms with van der Waals surface area (Å²) >= 11 is 0. The second-order valence-electron chi connectivity index (χ2n) is 3.10. The number of hydrogen-bond acceptors (Lipinski definition) is 4.